The SMILES string of the molecule is Cc1nnc(Nc2nc3c(C)cccc3o2)o1. The predicted octanol–water partition coefficient (Wildman–Crippen LogP) is 2.57. The summed E-state index contributed by atoms with van der Waals surface area (Å²) >= 11 is 0. The smallest absolute Gasteiger partial charge is 0.323 e. The zero-order valence-electron chi connectivity index (χ0n) is 9.39. The maximum absolute atomic E-state index is 5.51. The van der Waals surface area contributed by atoms with Crippen molar-refractivity contribution in [3.63, 3.8) is 0 Å². The summed E-state index contributed by atoms with van der Waals surface area (Å²) in [7, 11) is 0. The van der Waals surface area contributed by atoms with Crippen LogP contribution in [-0.2, 0) is 0 Å². The Morgan fingerprint density at radius 3 is 2.65 bits per heavy atom. The van der Waals surface area contributed by atoms with E-state index in [1.165, 1.54) is 0 Å². The summed E-state index contributed by atoms with van der Waals surface area (Å²) < 4.78 is 10.7. The molecule has 0 amide bonds. The highest BCUT2D eigenvalue weighted by atomic mass is 16.4. The molecule has 0 aliphatic heterocycles. The highest BCUT2D eigenvalue weighted by molar-refractivity contribution is 5.78. The molecule has 0 fully saturated rings. The molecule has 86 valence electrons. The summed E-state index contributed by atoms with van der Waals surface area (Å²) in [6.07, 6.45) is 0. The van der Waals surface area contributed by atoms with E-state index in [1.807, 2.05) is 25.1 Å². The number of fused-ring (bicyclic) bond motifs is 1. The second kappa shape index (κ2) is 3.58. The zero-order valence-corrected chi connectivity index (χ0v) is 9.39. The number of para-hydroxylation sites is 1. The molecule has 0 bridgehead atoms. The van der Waals surface area contributed by atoms with Crippen molar-refractivity contribution in [2.24, 2.45) is 0 Å². The number of anilines is 2. The number of oxazole rings is 1. The van der Waals surface area contributed by atoms with Gasteiger partial charge in [-0.2, -0.15) is 4.98 Å². The van der Waals surface area contributed by atoms with Gasteiger partial charge in [-0.3, -0.25) is 5.32 Å². The van der Waals surface area contributed by atoms with Gasteiger partial charge in [0.25, 0.3) is 0 Å². The molecule has 17 heavy (non-hydrogen) atoms. The Morgan fingerprint density at radius 2 is 1.94 bits per heavy atom. The molecular formula is C11H10N4O2. The van der Waals surface area contributed by atoms with Crippen LogP contribution in [0.3, 0.4) is 0 Å². The van der Waals surface area contributed by atoms with E-state index in [4.69, 9.17) is 8.83 Å². The first-order chi connectivity index (χ1) is 8.22. The number of nitrogens with one attached hydrogen (secondary N) is 1. The summed E-state index contributed by atoms with van der Waals surface area (Å²) in [5.74, 6) is 0.486. The topological polar surface area (TPSA) is 77.0 Å². The van der Waals surface area contributed by atoms with Crippen LogP contribution in [0.5, 0.6) is 0 Å². The second-order valence-electron chi connectivity index (χ2n) is 3.69. The standard InChI is InChI=1S/C11H10N4O2/c1-6-4-3-5-8-9(6)12-10(17-8)13-11-15-14-7(2)16-11/h3-5H,1-2H3,(H,12,13,15). The molecule has 0 unspecified atom stereocenters. The van der Waals surface area contributed by atoms with Crippen molar-refractivity contribution < 1.29 is 8.83 Å². The average molecular weight is 230 g/mol. The fourth-order valence-electron chi connectivity index (χ4n) is 1.58. The fourth-order valence-corrected chi connectivity index (χ4v) is 1.58. The van der Waals surface area contributed by atoms with E-state index in [0.717, 1.165) is 16.7 Å². The first-order valence-electron chi connectivity index (χ1n) is 5.15. The van der Waals surface area contributed by atoms with E-state index in [-0.39, 0.29) is 6.01 Å². The second-order valence-corrected chi connectivity index (χ2v) is 3.69. The largest absolute Gasteiger partial charge is 0.423 e. The minimum absolute atomic E-state index is 0.270. The molecule has 6 heteroatoms. The van der Waals surface area contributed by atoms with Gasteiger partial charge >= 0.3 is 12.0 Å². The maximum Gasteiger partial charge on any atom is 0.323 e. The lowest BCUT2D eigenvalue weighted by Crippen LogP contribution is -1.89. The molecule has 0 saturated carbocycles. The van der Waals surface area contributed by atoms with E-state index in [9.17, 15) is 0 Å². The molecule has 3 rings (SSSR count). The van der Waals surface area contributed by atoms with Crippen molar-refractivity contribution in [3.05, 3.63) is 29.7 Å². The van der Waals surface area contributed by atoms with Crippen molar-refractivity contribution in [1.82, 2.24) is 15.2 Å². The van der Waals surface area contributed by atoms with E-state index >= 15 is 0 Å². The predicted molar refractivity (Wildman–Crippen MR) is 61.1 cm³/mol. The molecule has 2 aromatic heterocycles. The van der Waals surface area contributed by atoms with Crippen LogP contribution in [0.2, 0.25) is 0 Å². The van der Waals surface area contributed by atoms with Crippen molar-refractivity contribution >= 4 is 23.1 Å². The molecule has 6 nitrogen and oxygen atoms in total. The van der Waals surface area contributed by atoms with Gasteiger partial charge in [-0.25, -0.2) is 0 Å². The van der Waals surface area contributed by atoms with Crippen molar-refractivity contribution in [2.45, 2.75) is 13.8 Å². The lowest BCUT2D eigenvalue weighted by atomic mass is 10.2. The van der Waals surface area contributed by atoms with Crippen LogP contribution in [0.25, 0.3) is 11.1 Å². The Hall–Kier alpha value is -2.37. The molecule has 1 N–H and O–H groups in total. The number of hydrogen-bond donors (Lipinski definition) is 1. The average Bonchev–Trinajstić information content (AvgIpc) is 2.86. The summed E-state index contributed by atoms with van der Waals surface area (Å²) in [6, 6.07) is 6.37. The number of aromatic nitrogens is 3. The molecule has 0 saturated heterocycles. The van der Waals surface area contributed by atoms with E-state index in [0.29, 0.717) is 11.9 Å². The van der Waals surface area contributed by atoms with Crippen LogP contribution in [0.4, 0.5) is 12.0 Å². The third-order valence-electron chi connectivity index (χ3n) is 2.36. The quantitative estimate of drug-likeness (QED) is 0.729. The number of benzene rings is 1. The minimum atomic E-state index is 0.270. The lowest BCUT2D eigenvalue weighted by molar-refractivity contribution is 0.528. The Labute approximate surface area is 96.7 Å². The molecule has 1 aromatic carbocycles. The maximum atomic E-state index is 5.51. The Balaban J connectivity index is 1.98. The van der Waals surface area contributed by atoms with Crippen LogP contribution in [0.1, 0.15) is 11.5 Å². The van der Waals surface area contributed by atoms with Gasteiger partial charge < -0.3 is 8.83 Å². The minimum Gasteiger partial charge on any atom is -0.423 e. The number of rotatable bonds is 2. The van der Waals surface area contributed by atoms with Crippen LogP contribution in [0, 0.1) is 13.8 Å². The van der Waals surface area contributed by atoms with Crippen LogP contribution < -0.4 is 5.32 Å². The van der Waals surface area contributed by atoms with Crippen LogP contribution >= 0.6 is 0 Å². The third-order valence-corrected chi connectivity index (χ3v) is 2.36. The third kappa shape index (κ3) is 1.73. The van der Waals surface area contributed by atoms with Gasteiger partial charge in [0.15, 0.2) is 5.58 Å². The van der Waals surface area contributed by atoms with Crippen molar-refractivity contribution in [3.8, 4) is 0 Å². The molecule has 0 atom stereocenters. The zero-order chi connectivity index (χ0) is 11.8. The van der Waals surface area contributed by atoms with Gasteiger partial charge in [0.2, 0.25) is 5.89 Å². The van der Waals surface area contributed by atoms with Gasteiger partial charge in [0.1, 0.15) is 5.52 Å². The van der Waals surface area contributed by atoms with E-state index in [2.05, 4.69) is 20.5 Å². The highest BCUT2D eigenvalue weighted by Gasteiger charge is 2.10. The first kappa shape index (κ1) is 9.83. The Kier molecular flexibility index (Phi) is 2.07. The van der Waals surface area contributed by atoms with Gasteiger partial charge in [-0.1, -0.05) is 17.2 Å². The van der Waals surface area contributed by atoms with Crippen molar-refractivity contribution in [2.75, 3.05) is 5.32 Å². The van der Waals surface area contributed by atoms with Crippen LogP contribution in [0.15, 0.2) is 27.0 Å². The number of hydrogen-bond acceptors (Lipinski definition) is 6. The summed E-state index contributed by atoms with van der Waals surface area (Å²) in [5, 5.41) is 10.3. The van der Waals surface area contributed by atoms with Gasteiger partial charge in [0.05, 0.1) is 0 Å². The van der Waals surface area contributed by atoms with Gasteiger partial charge in [-0.15, -0.1) is 5.10 Å². The first-order valence-corrected chi connectivity index (χ1v) is 5.15. The monoisotopic (exact) mass is 230 g/mol. The van der Waals surface area contributed by atoms with Gasteiger partial charge in [0, 0.05) is 6.92 Å². The molecular weight excluding hydrogens is 220 g/mol. The number of nitrogens with zero attached hydrogens (tertiary/aromatic N) is 3. The summed E-state index contributed by atoms with van der Waals surface area (Å²) in [6.45, 7) is 3.69. The normalized spacial score (nSPS) is 10.9. The van der Waals surface area contributed by atoms with E-state index < -0.39 is 0 Å². The molecule has 0 aliphatic rings. The van der Waals surface area contributed by atoms with E-state index in [1.54, 1.807) is 6.92 Å². The number of aryl methyl sites for hydroxylation is 2. The highest BCUT2D eigenvalue weighted by Crippen LogP contribution is 2.23. The molecule has 0 radical (unpaired) electrons. The van der Waals surface area contributed by atoms with Gasteiger partial charge in [-0.05, 0) is 18.6 Å². The molecule has 3 aromatic rings. The molecule has 2 heterocycles. The molecule has 0 spiro atoms. The summed E-state index contributed by atoms with van der Waals surface area (Å²) in [5.41, 5.74) is 2.61. The van der Waals surface area contributed by atoms with Crippen LogP contribution in [-0.4, -0.2) is 15.2 Å². The Bertz CT molecular complexity index is 671. The van der Waals surface area contributed by atoms with Crippen molar-refractivity contribution in [1.29, 1.82) is 0 Å². The Morgan fingerprint density at radius 1 is 1.06 bits per heavy atom. The lowest BCUT2D eigenvalue weighted by Gasteiger charge is -1.91. The molecule has 0 aliphatic carbocycles. The fraction of sp³-hybridized carbons (Fsp3) is 0.182. The summed E-state index contributed by atoms with van der Waals surface area (Å²) in [4.78, 5) is 4.31.